The molecule has 15 heavy (non-hydrogen) atoms. The number of rotatable bonds is 4. The van der Waals surface area contributed by atoms with Crippen LogP contribution < -0.4 is 10.9 Å². The van der Waals surface area contributed by atoms with Gasteiger partial charge in [-0.25, -0.2) is 5.84 Å². The highest BCUT2D eigenvalue weighted by Gasteiger charge is 2.27. The van der Waals surface area contributed by atoms with Crippen LogP contribution in [0.3, 0.4) is 0 Å². The van der Waals surface area contributed by atoms with E-state index < -0.39 is 0 Å². The van der Waals surface area contributed by atoms with E-state index in [2.05, 4.69) is 12.1 Å². The van der Waals surface area contributed by atoms with E-state index in [4.69, 9.17) is 10.6 Å². The molecule has 0 saturated heterocycles. The Balaban J connectivity index is 2.40. The van der Waals surface area contributed by atoms with Gasteiger partial charge in [0, 0.05) is 19.7 Å². The number of benzene rings is 1. The average Bonchev–Trinajstić information content (AvgIpc) is 3.01. The molecule has 1 aromatic carbocycles. The molecule has 3 heteroatoms. The van der Waals surface area contributed by atoms with E-state index >= 15 is 0 Å². The zero-order chi connectivity index (χ0) is 10.8. The third kappa shape index (κ3) is 2.13. The summed E-state index contributed by atoms with van der Waals surface area (Å²) in [5.74, 6) is 6.54. The minimum Gasteiger partial charge on any atom is -0.380 e. The van der Waals surface area contributed by atoms with Crippen molar-refractivity contribution in [1.82, 2.24) is 0 Å². The van der Waals surface area contributed by atoms with Crippen LogP contribution in [0, 0.1) is 0 Å². The normalized spacial score (nSPS) is 15.4. The van der Waals surface area contributed by atoms with Gasteiger partial charge in [0.25, 0.3) is 0 Å². The first-order chi connectivity index (χ1) is 7.24. The molecular weight excluding hydrogens is 188 g/mol. The summed E-state index contributed by atoms with van der Waals surface area (Å²) < 4.78 is 5.26. The monoisotopic (exact) mass is 206 g/mol. The van der Waals surface area contributed by atoms with Crippen molar-refractivity contribution in [1.29, 1.82) is 0 Å². The van der Waals surface area contributed by atoms with Gasteiger partial charge in [0.15, 0.2) is 0 Å². The Hall–Kier alpha value is -1.06. The van der Waals surface area contributed by atoms with E-state index in [1.54, 1.807) is 12.1 Å². The van der Waals surface area contributed by atoms with Crippen LogP contribution >= 0.6 is 0 Å². The predicted octanol–water partition coefficient (Wildman–Crippen LogP) is 2.02. The summed E-state index contributed by atoms with van der Waals surface area (Å²) in [7, 11) is 3.59. The van der Waals surface area contributed by atoms with E-state index in [-0.39, 0.29) is 0 Å². The van der Waals surface area contributed by atoms with Crippen LogP contribution in [0.1, 0.15) is 29.9 Å². The number of ether oxygens (including phenoxy) is 1. The standard InChI is InChI=1S/C12H18N2O/c1-14(13)12-5-3-4-10(9-6-7-9)11(12)8-15-2/h3-5,9H,6-8,13H2,1-2H3. The largest absolute Gasteiger partial charge is 0.380 e. The van der Waals surface area contributed by atoms with Crippen molar-refractivity contribution >= 4 is 5.69 Å². The molecule has 1 fully saturated rings. The van der Waals surface area contributed by atoms with Gasteiger partial charge in [-0.3, -0.25) is 0 Å². The second-order valence-corrected chi connectivity index (χ2v) is 4.16. The number of nitrogens with two attached hydrogens (primary N) is 1. The first-order valence-electron chi connectivity index (χ1n) is 5.33. The van der Waals surface area contributed by atoms with Crippen LogP contribution in [0.4, 0.5) is 5.69 Å². The Bertz CT molecular complexity index is 325. The fourth-order valence-electron chi connectivity index (χ4n) is 2.00. The molecule has 0 aliphatic heterocycles. The van der Waals surface area contributed by atoms with Gasteiger partial charge < -0.3 is 9.75 Å². The van der Waals surface area contributed by atoms with Gasteiger partial charge in [-0.05, 0) is 30.4 Å². The third-order valence-corrected chi connectivity index (χ3v) is 2.87. The number of nitrogens with zero attached hydrogens (tertiary/aromatic N) is 1. The van der Waals surface area contributed by atoms with E-state index in [0.29, 0.717) is 6.61 Å². The van der Waals surface area contributed by atoms with Crippen LogP contribution in [-0.2, 0) is 11.3 Å². The Morgan fingerprint density at radius 2 is 2.20 bits per heavy atom. The Morgan fingerprint density at radius 1 is 1.47 bits per heavy atom. The Morgan fingerprint density at radius 3 is 2.73 bits per heavy atom. The van der Waals surface area contributed by atoms with Crippen molar-refractivity contribution in [2.45, 2.75) is 25.4 Å². The Labute approximate surface area is 90.8 Å². The highest BCUT2D eigenvalue weighted by Crippen LogP contribution is 2.43. The minimum atomic E-state index is 0.642. The van der Waals surface area contributed by atoms with Gasteiger partial charge in [-0.15, -0.1) is 0 Å². The zero-order valence-corrected chi connectivity index (χ0v) is 9.36. The number of anilines is 1. The maximum Gasteiger partial charge on any atom is 0.0736 e. The second kappa shape index (κ2) is 4.21. The maximum atomic E-state index is 5.81. The first-order valence-corrected chi connectivity index (χ1v) is 5.33. The molecule has 1 saturated carbocycles. The van der Waals surface area contributed by atoms with Gasteiger partial charge in [-0.2, -0.15) is 0 Å². The number of hydrogen-bond acceptors (Lipinski definition) is 3. The fourth-order valence-corrected chi connectivity index (χ4v) is 2.00. The molecule has 1 aliphatic rings. The summed E-state index contributed by atoms with van der Waals surface area (Å²) >= 11 is 0. The summed E-state index contributed by atoms with van der Waals surface area (Å²) in [5, 5.41) is 1.67. The lowest BCUT2D eigenvalue weighted by atomic mass is 10.0. The minimum absolute atomic E-state index is 0.642. The van der Waals surface area contributed by atoms with Crippen molar-refractivity contribution in [2.24, 2.45) is 5.84 Å². The highest BCUT2D eigenvalue weighted by atomic mass is 16.5. The molecular formula is C12H18N2O. The molecule has 0 atom stereocenters. The molecule has 0 unspecified atom stereocenters. The smallest absolute Gasteiger partial charge is 0.0736 e. The molecule has 3 nitrogen and oxygen atoms in total. The van der Waals surface area contributed by atoms with Gasteiger partial charge in [-0.1, -0.05) is 12.1 Å². The molecule has 2 rings (SSSR count). The zero-order valence-electron chi connectivity index (χ0n) is 9.36. The van der Waals surface area contributed by atoms with Crippen molar-refractivity contribution in [2.75, 3.05) is 19.2 Å². The molecule has 0 bridgehead atoms. The van der Waals surface area contributed by atoms with E-state index in [0.717, 1.165) is 11.6 Å². The van der Waals surface area contributed by atoms with Crippen LogP contribution in [-0.4, -0.2) is 14.2 Å². The molecule has 0 radical (unpaired) electrons. The first kappa shape index (κ1) is 10.5. The van der Waals surface area contributed by atoms with Crippen LogP contribution in [0.2, 0.25) is 0 Å². The summed E-state index contributed by atoms with van der Waals surface area (Å²) in [6, 6.07) is 6.31. The van der Waals surface area contributed by atoms with Crippen LogP contribution in [0.5, 0.6) is 0 Å². The molecule has 1 aromatic rings. The summed E-state index contributed by atoms with van der Waals surface area (Å²) in [5.41, 5.74) is 3.72. The SMILES string of the molecule is COCc1c(C2CC2)cccc1N(C)N. The fraction of sp³-hybridized carbons (Fsp3) is 0.500. The summed E-state index contributed by atoms with van der Waals surface area (Å²) in [4.78, 5) is 0. The number of methoxy groups -OCH3 is 1. The number of hydrogen-bond donors (Lipinski definition) is 1. The van der Waals surface area contributed by atoms with Gasteiger partial charge in [0.1, 0.15) is 0 Å². The lowest BCUT2D eigenvalue weighted by Crippen LogP contribution is -2.26. The van der Waals surface area contributed by atoms with Crippen molar-refractivity contribution in [3.8, 4) is 0 Å². The maximum absolute atomic E-state index is 5.81. The quantitative estimate of drug-likeness (QED) is 0.605. The molecule has 0 amide bonds. The van der Waals surface area contributed by atoms with Gasteiger partial charge in [0.05, 0.1) is 12.3 Å². The second-order valence-electron chi connectivity index (χ2n) is 4.16. The average molecular weight is 206 g/mol. The lowest BCUT2D eigenvalue weighted by molar-refractivity contribution is 0.184. The number of hydrazine groups is 1. The molecule has 1 aliphatic carbocycles. The molecule has 0 aromatic heterocycles. The molecule has 0 heterocycles. The predicted molar refractivity (Wildman–Crippen MR) is 61.7 cm³/mol. The summed E-state index contributed by atoms with van der Waals surface area (Å²) in [6.45, 7) is 0.642. The topological polar surface area (TPSA) is 38.5 Å². The summed E-state index contributed by atoms with van der Waals surface area (Å²) in [6.07, 6.45) is 2.60. The van der Waals surface area contributed by atoms with Crippen molar-refractivity contribution < 1.29 is 4.74 Å². The van der Waals surface area contributed by atoms with Gasteiger partial charge >= 0.3 is 0 Å². The van der Waals surface area contributed by atoms with Crippen molar-refractivity contribution in [3.63, 3.8) is 0 Å². The highest BCUT2D eigenvalue weighted by molar-refractivity contribution is 5.56. The third-order valence-electron chi connectivity index (χ3n) is 2.87. The lowest BCUT2D eigenvalue weighted by Gasteiger charge is -2.19. The van der Waals surface area contributed by atoms with Crippen LogP contribution in [0.15, 0.2) is 18.2 Å². The van der Waals surface area contributed by atoms with E-state index in [9.17, 15) is 0 Å². The van der Waals surface area contributed by atoms with Gasteiger partial charge in [0.2, 0.25) is 0 Å². The Kier molecular flexibility index (Phi) is 2.93. The molecule has 2 N–H and O–H groups in total. The molecule has 0 spiro atoms. The van der Waals surface area contributed by atoms with Crippen molar-refractivity contribution in [3.05, 3.63) is 29.3 Å². The van der Waals surface area contributed by atoms with E-state index in [1.807, 2.05) is 13.1 Å². The van der Waals surface area contributed by atoms with E-state index in [1.165, 1.54) is 24.0 Å². The van der Waals surface area contributed by atoms with Crippen LogP contribution in [0.25, 0.3) is 0 Å². The molecule has 82 valence electrons.